The number of rotatable bonds is 6. The van der Waals surface area contributed by atoms with Crippen LogP contribution in [0.5, 0.6) is 0 Å². The van der Waals surface area contributed by atoms with Gasteiger partial charge in [0, 0.05) is 24.8 Å². The molecule has 4 nitrogen and oxygen atoms in total. The molecule has 6 heteroatoms. The molecule has 1 fully saturated rings. The summed E-state index contributed by atoms with van der Waals surface area (Å²) in [4.78, 5) is 15.3. The number of likely N-dealkylation sites (tertiary alicyclic amines) is 1. The number of carbonyl (C=O) groups is 1. The second-order valence-electron chi connectivity index (χ2n) is 5.95. The van der Waals surface area contributed by atoms with E-state index in [1.54, 1.807) is 12.1 Å². The van der Waals surface area contributed by atoms with E-state index in [0.717, 1.165) is 43.9 Å². The van der Waals surface area contributed by atoms with Crippen LogP contribution in [0, 0.1) is 0 Å². The van der Waals surface area contributed by atoms with E-state index in [1.807, 2.05) is 6.07 Å². The first-order valence-electron chi connectivity index (χ1n) is 8.12. The highest BCUT2D eigenvalue weighted by Gasteiger charge is 2.22. The number of hydrogen-bond donors (Lipinski definition) is 0. The standard InChI is InChI=1S/C17H21ClN2O2S/c1-2-20-9-7-12(8-10-20)14-11-13(22-19-14)3-4-15(21)16-5-6-17(18)23-16/h5-6,11-12H,2-4,7-10H2,1H3. The zero-order chi connectivity index (χ0) is 16.2. The van der Waals surface area contributed by atoms with E-state index >= 15 is 0 Å². The molecule has 3 heterocycles. The molecule has 0 N–H and O–H groups in total. The lowest BCUT2D eigenvalue weighted by Crippen LogP contribution is -2.32. The van der Waals surface area contributed by atoms with Crippen molar-refractivity contribution in [2.45, 2.75) is 38.5 Å². The number of hydrogen-bond acceptors (Lipinski definition) is 5. The van der Waals surface area contributed by atoms with Gasteiger partial charge in [-0.1, -0.05) is 23.7 Å². The number of ketones is 1. The van der Waals surface area contributed by atoms with Crippen LogP contribution >= 0.6 is 22.9 Å². The summed E-state index contributed by atoms with van der Waals surface area (Å²) in [7, 11) is 0. The molecule has 1 aliphatic rings. The van der Waals surface area contributed by atoms with Crippen LogP contribution in [0.25, 0.3) is 0 Å². The molecule has 2 aromatic heterocycles. The number of halogens is 1. The predicted molar refractivity (Wildman–Crippen MR) is 92.6 cm³/mol. The predicted octanol–water partition coefficient (Wildman–Crippen LogP) is 4.40. The molecule has 1 aliphatic heterocycles. The first kappa shape index (κ1) is 16.7. The summed E-state index contributed by atoms with van der Waals surface area (Å²) in [6.45, 7) is 5.57. The van der Waals surface area contributed by atoms with E-state index in [1.165, 1.54) is 11.3 Å². The SMILES string of the molecule is CCN1CCC(c2cc(CCC(=O)c3ccc(Cl)s3)on2)CC1. The van der Waals surface area contributed by atoms with Crippen LogP contribution in [0.2, 0.25) is 4.34 Å². The van der Waals surface area contributed by atoms with Crippen LogP contribution in [0.15, 0.2) is 22.7 Å². The molecule has 0 aliphatic carbocycles. The van der Waals surface area contributed by atoms with E-state index in [0.29, 0.717) is 28.0 Å². The maximum absolute atomic E-state index is 12.1. The molecular weight excluding hydrogens is 332 g/mol. The smallest absolute Gasteiger partial charge is 0.173 e. The van der Waals surface area contributed by atoms with Crippen LogP contribution < -0.4 is 0 Å². The van der Waals surface area contributed by atoms with Gasteiger partial charge >= 0.3 is 0 Å². The van der Waals surface area contributed by atoms with Crippen molar-refractivity contribution in [3.63, 3.8) is 0 Å². The van der Waals surface area contributed by atoms with Crippen molar-refractivity contribution in [3.05, 3.63) is 38.9 Å². The lowest BCUT2D eigenvalue weighted by Gasteiger charge is -2.29. The van der Waals surface area contributed by atoms with E-state index in [-0.39, 0.29) is 5.78 Å². The maximum atomic E-state index is 12.1. The fraction of sp³-hybridized carbons (Fsp3) is 0.529. The number of aromatic nitrogens is 1. The molecule has 1 saturated heterocycles. The van der Waals surface area contributed by atoms with Crippen molar-refractivity contribution >= 4 is 28.7 Å². The third kappa shape index (κ3) is 4.22. The fourth-order valence-corrected chi connectivity index (χ4v) is 4.02. The maximum Gasteiger partial charge on any atom is 0.173 e. The van der Waals surface area contributed by atoms with Gasteiger partial charge in [0.15, 0.2) is 5.78 Å². The minimum absolute atomic E-state index is 0.108. The monoisotopic (exact) mass is 352 g/mol. The quantitative estimate of drug-likeness (QED) is 0.723. The summed E-state index contributed by atoms with van der Waals surface area (Å²) < 4.78 is 6.07. The highest BCUT2D eigenvalue weighted by atomic mass is 35.5. The van der Waals surface area contributed by atoms with Crippen molar-refractivity contribution in [3.8, 4) is 0 Å². The third-order valence-electron chi connectivity index (χ3n) is 4.48. The summed E-state index contributed by atoms with van der Waals surface area (Å²) in [5.74, 6) is 1.40. The van der Waals surface area contributed by atoms with Gasteiger partial charge in [0.25, 0.3) is 0 Å². The Morgan fingerprint density at radius 1 is 1.43 bits per heavy atom. The highest BCUT2D eigenvalue weighted by molar-refractivity contribution is 7.18. The Hall–Kier alpha value is -1.17. The normalized spacial score (nSPS) is 16.8. The molecule has 3 rings (SSSR count). The van der Waals surface area contributed by atoms with Crippen molar-refractivity contribution in [1.29, 1.82) is 0 Å². The second-order valence-corrected chi connectivity index (χ2v) is 7.67. The summed E-state index contributed by atoms with van der Waals surface area (Å²) in [5.41, 5.74) is 1.04. The molecule has 0 saturated carbocycles. The molecule has 0 aromatic carbocycles. The number of thiophene rings is 1. The van der Waals surface area contributed by atoms with Crippen LogP contribution in [0.1, 0.15) is 53.2 Å². The van der Waals surface area contributed by atoms with Crippen LogP contribution in [0.4, 0.5) is 0 Å². The fourth-order valence-electron chi connectivity index (χ4n) is 3.01. The minimum Gasteiger partial charge on any atom is -0.361 e. The van der Waals surface area contributed by atoms with Gasteiger partial charge in [0.1, 0.15) is 5.76 Å². The zero-order valence-electron chi connectivity index (χ0n) is 13.3. The Labute approximate surface area is 145 Å². The van der Waals surface area contributed by atoms with E-state index in [4.69, 9.17) is 16.1 Å². The summed E-state index contributed by atoms with van der Waals surface area (Å²) in [6.07, 6.45) is 3.29. The van der Waals surface area contributed by atoms with Gasteiger partial charge in [-0.25, -0.2) is 0 Å². The van der Waals surface area contributed by atoms with E-state index < -0.39 is 0 Å². The lowest BCUT2D eigenvalue weighted by molar-refractivity contribution is 0.0984. The third-order valence-corrected chi connectivity index (χ3v) is 5.75. The molecule has 2 aromatic rings. The Morgan fingerprint density at radius 2 is 2.22 bits per heavy atom. The number of piperidine rings is 1. The van der Waals surface area contributed by atoms with Crippen LogP contribution in [0.3, 0.4) is 0 Å². The van der Waals surface area contributed by atoms with Gasteiger partial charge in [0.05, 0.1) is 14.9 Å². The first-order valence-corrected chi connectivity index (χ1v) is 9.31. The van der Waals surface area contributed by atoms with Gasteiger partial charge in [-0.15, -0.1) is 11.3 Å². The second kappa shape index (κ2) is 7.60. The highest BCUT2D eigenvalue weighted by Crippen LogP contribution is 2.28. The van der Waals surface area contributed by atoms with Gasteiger partial charge in [-0.05, 0) is 44.6 Å². The Balaban J connectivity index is 1.52. The molecule has 124 valence electrons. The topological polar surface area (TPSA) is 46.3 Å². The van der Waals surface area contributed by atoms with Gasteiger partial charge in [-0.2, -0.15) is 0 Å². The molecule has 23 heavy (non-hydrogen) atoms. The summed E-state index contributed by atoms with van der Waals surface area (Å²) in [5, 5.41) is 4.22. The molecule has 0 amide bonds. The molecule has 0 bridgehead atoms. The van der Waals surface area contributed by atoms with E-state index in [9.17, 15) is 4.79 Å². The molecule has 0 atom stereocenters. The Morgan fingerprint density at radius 3 is 2.87 bits per heavy atom. The Kier molecular flexibility index (Phi) is 5.51. The molecule has 0 unspecified atom stereocenters. The molecule has 0 radical (unpaired) electrons. The summed E-state index contributed by atoms with van der Waals surface area (Å²) >= 11 is 7.19. The number of carbonyl (C=O) groups excluding carboxylic acids is 1. The number of Topliss-reactive ketones (excluding diaryl/α,β-unsaturated/α-hetero) is 1. The largest absolute Gasteiger partial charge is 0.361 e. The zero-order valence-corrected chi connectivity index (χ0v) is 14.8. The van der Waals surface area contributed by atoms with Gasteiger partial charge in [0.2, 0.25) is 0 Å². The minimum atomic E-state index is 0.108. The van der Waals surface area contributed by atoms with Crippen molar-refractivity contribution in [1.82, 2.24) is 10.1 Å². The van der Waals surface area contributed by atoms with Crippen molar-refractivity contribution in [2.75, 3.05) is 19.6 Å². The van der Waals surface area contributed by atoms with Gasteiger partial charge < -0.3 is 9.42 Å². The lowest BCUT2D eigenvalue weighted by atomic mass is 9.93. The molecular formula is C17H21ClN2O2S. The number of aryl methyl sites for hydroxylation is 1. The van der Waals surface area contributed by atoms with Crippen molar-refractivity contribution < 1.29 is 9.32 Å². The van der Waals surface area contributed by atoms with Crippen LogP contribution in [-0.2, 0) is 6.42 Å². The van der Waals surface area contributed by atoms with E-state index in [2.05, 4.69) is 17.0 Å². The average molecular weight is 353 g/mol. The summed E-state index contributed by atoms with van der Waals surface area (Å²) in [6, 6.07) is 5.57. The average Bonchev–Trinajstić information content (AvgIpc) is 3.22. The first-order chi connectivity index (χ1) is 11.2. The van der Waals surface area contributed by atoms with Crippen molar-refractivity contribution in [2.24, 2.45) is 0 Å². The van der Waals surface area contributed by atoms with Gasteiger partial charge in [-0.3, -0.25) is 4.79 Å². The Bertz CT molecular complexity index is 659. The number of nitrogens with zero attached hydrogens (tertiary/aromatic N) is 2. The van der Waals surface area contributed by atoms with Crippen LogP contribution in [-0.4, -0.2) is 35.5 Å². The molecule has 0 spiro atoms.